The lowest BCUT2D eigenvalue weighted by Gasteiger charge is -2.23. The molecule has 0 atom stereocenters. The van der Waals surface area contributed by atoms with Crippen molar-refractivity contribution in [3.8, 4) is 11.1 Å². The number of aromatic nitrogens is 1. The summed E-state index contributed by atoms with van der Waals surface area (Å²) in [6.07, 6.45) is 1.55. The number of rotatable bonds is 4. The molecule has 1 aromatic carbocycles. The van der Waals surface area contributed by atoms with Gasteiger partial charge < -0.3 is 0 Å². The fraction of sp³-hybridized carbons (Fsp3) is 0.450. The van der Waals surface area contributed by atoms with E-state index >= 15 is 0 Å². The third-order valence-electron chi connectivity index (χ3n) is 4.15. The van der Waals surface area contributed by atoms with Gasteiger partial charge >= 0.3 is 0 Å². The Labute approximate surface area is 133 Å². The number of benzene rings is 1. The lowest BCUT2D eigenvalue weighted by molar-refractivity contribution is 0.584. The Morgan fingerprint density at radius 3 is 1.77 bits per heavy atom. The summed E-state index contributed by atoms with van der Waals surface area (Å²) in [7, 11) is 0. The van der Waals surface area contributed by atoms with Crippen LogP contribution in [-0.4, -0.2) is 4.98 Å². The molecule has 0 bridgehead atoms. The molecule has 0 N–H and O–H groups in total. The van der Waals surface area contributed by atoms with Crippen molar-refractivity contribution in [2.45, 2.75) is 59.3 Å². The second kappa shape index (κ2) is 6.60. The fourth-order valence-corrected chi connectivity index (χ4v) is 2.85. The van der Waals surface area contributed by atoms with Gasteiger partial charge in [-0.3, -0.25) is 0 Å². The summed E-state index contributed by atoms with van der Waals surface area (Å²) in [6.45, 7) is 13.2. The lowest BCUT2D eigenvalue weighted by atomic mass is 9.82. The van der Waals surface area contributed by atoms with Crippen LogP contribution in [0.4, 0.5) is 4.39 Å². The molecule has 0 aliphatic heterocycles. The molecule has 1 nitrogen and oxygen atoms in total. The predicted octanol–water partition coefficient (Wildman–Crippen LogP) is 6.26. The molecule has 22 heavy (non-hydrogen) atoms. The quantitative estimate of drug-likeness (QED) is 0.607. The smallest absolute Gasteiger partial charge is 0.213 e. The van der Waals surface area contributed by atoms with E-state index in [9.17, 15) is 4.39 Å². The highest BCUT2D eigenvalue weighted by atomic mass is 19.1. The van der Waals surface area contributed by atoms with E-state index in [2.05, 4.69) is 58.7 Å². The van der Waals surface area contributed by atoms with E-state index in [1.165, 1.54) is 22.3 Å². The fourth-order valence-electron chi connectivity index (χ4n) is 2.85. The Hall–Kier alpha value is -1.70. The Kier molecular flexibility index (Phi) is 5.00. The van der Waals surface area contributed by atoms with Gasteiger partial charge in [0.15, 0.2) is 0 Å². The molecular weight excluding hydrogens is 273 g/mol. The van der Waals surface area contributed by atoms with Crippen molar-refractivity contribution in [1.82, 2.24) is 4.98 Å². The number of hydrogen-bond donors (Lipinski definition) is 0. The molecule has 0 fully saturated rings. The van der Waals surface area contributed by atoms with Crippen LogP contribution in [0.1, 0.15) is 76.0 Å². The van der Waals surface area contributed by atoms with Gasteiger partial charge in [0.25, 0.3) is 0 Å². The van der Waals surface area contributed by atoms with E-state index in [4.69, 9.17) is 0 Å². The minimum Gasteiger partial charge on any atom is -0.228 e. The molecule has 0 amide bonds. The summed E-state index contributed by atoms with van der Waals surface area (Å²) < 4.78 is 13.6. The maximum Gasteiger partial charge on any atom is 0.213 e. The molecule has 0 spiro atoms. The largest absolute Gasteiger partial charge is 0.228 e. The summed E-state index contributed by atoms with van der Waals surface area (Å²) in [4.78, 5) is 3.69. The molecule has 0 saturated carbocycles. The van der Waals surface area contributed by atoms with Gasteiger partial charge in [-0.15, -0.1) is 0 Å². The Morgan fingerprint density at radius 2 is 1.36 bits per heavy atom. The standard InChI is InChI=1S/C20H26FN/c1-12(2)16-9-17(13(3)4)20(18(10-16)14(5)6)15-7-8-22-19(21)11-15/h7-14H,1-6H3. The predicted molar refractivity (Wildman–Crippen MR) is 91.9 cm³/mol. The van der Waals surface area contributed by atoms with Crippen molar-refractivity contribution in [2.24, 2.45) is 0 Å². The molecule has 2 rings (SSSR count). The van der Waals surface area contributed by atoms with Crippen molar-refractivity contribution < 1.29 is 4.39 Å². The van der Waals surface area contributed by atoms with Crippen LogP contribution in [0.25, 0.3) is 11.1 Å². The lowest BCUT2D eigenvalue weighted by Crippen LogP contribution is -2.04. The summed E-state index contributed by atoms with van der Waals surface area (Å²) in [5.74, 6) is 0.845. The van der Waals surface area contributed by atoms with Crippen molar-refractivity contribution in [3.05, 3.63) is 53.1 Å². The molecule has 118 valence electrons. The molecule has 1 aromatic heterocycles. The molecule has 2 heteroatoms. The first-order valence-electron chi connectivity index (χ1n) is 8.10. The molecule has 1 heterocycles. The second-order valence-corrected chi connectivity index (χ2v) is 6.91. The Morgan fingerprint density at radius 1 is 0.818 bits per heavy atom. The van der Waals surface area contributed by atoms with Crippen LogP contribution in [0.3, 0.4) is 0 Å². The molecular formula is C20H26FN. The van der Waals surface area contributed by atoms with Gasteiger partial charge in [0.1, 0.15) is 0 Å². The van der Waals surface area contributed by atoms with Crippen LogP contribution in [0.2, 0.25) is 0 Å². The van der Waals surface area contributed by atoms with Gasteiger partial charge in [0.05, 0.1) is 0 Å². The number of hydrogen-bond acceptors (Lipinski definition) is 1. The topological polar surface area (TPSA) is 12.9 Å². The zero-order chi connectivity index (χ0) is 16.4. The van der Waals surface area contributed by atoms with Crippen LogP contribution < -0.4 is 0 Å². The normalized spacial score (nSPS) is 11.7. The van der Waals surface area contributed by atoms with Crippen molar-refractivity contribution in [1.29, 1.82) is 0 Å². The monoisotopic (exact) mass is 299 g/mol. The molecule has 0 radical (unpaired) electrons. The summed E-state index contributed by atoms with van der Waals surface area (Å²) in [5.41, 5.74) is 6.04. The van der Waals surface area contributed by atoms with E-state index in [0.717, 1.165) is 5.56 Å². The van der Waals surface area contributed by atoms with Crippen LogP contribution in [-0.2, 0) is 0 Å². The third-order valence-corrected chi connectivity index (χ3v) is 4.15. The number of pyridine rings is 1. The minimum atomic E-state index is -0.421. The van der Waals surface area contributed by atoms with E-state index in [-0.39, 0.29) is 0 Å². The SMILES string of the molecule is CC(C)c1cc(C(C)C)c(-c2ccnc(F)c2)c(C(C)C)c1. The molecule has 0 saturated heterocycles. The molecule has 0 aliphatic rings. The molecule has 0 aliphatic carbocycles. The maximum absolute atomic E-state index is 13.6. The van der Waals surface area contributed by atoms with Crippen LogP contribution in [0.15, 0.2) is 30.5 Å². The third kappa shape index (κ3) is 3.37. The first kappa shape index (κ1) is 16.7. The van der Waals surface area contributed by atoms with Gasteiger partial charge in [-0.1, -0.05) is 53.7 Å². The zero-order valence-electron chi connectivity index (χ0n) is 14.4. The van der Waals surface area contributed by atoms with E-state index in [0.29, 0.717) is 17.8 Å². The average molecular weight is 299 g/mol. The van der Waals surface area contributed by atoms with Crippen LogP contribution in [0.5, 0.6) is 0 Å². The highest BCUT2D eigenvalue weighted by molar-refractivity contribution is 5.73. The first-order chi connectivity index (χ1) is 10.3. The summed E-state index contributed by atoms with van der Waals surface area (Å²) in [6, 6.07) is 8.02. The zero-order valence-corrected chi connectivity index (χ0v) is 14.4. The van der Waals surface area contributed by atoms with Gasteiger partial charge in [-0.2, -0.15) is 4.39 Å². The summed E-state index contributed by atoms with van der Waals surface area (Å²) >= 11 is 0. The van der Waals surface area contributed by atoms with Crippen molar-refractivity contribution >= 4 is 0 Å². The van der Waals surface area contributed by atoms with Crippen LogP contribution in [0, 0.1) is 5.95 Å². The van der Waals surface area contributed by atoms with Gasteiger partial charge in [0, 0.05) is 12.3 Å². The Balaban J connectivity index is 2.79. The highest BCUT2D eigenvalue weighted by Gasteiger charge is 2.18. The van der Waals surface area contributed by atoms with Gasteiger partial charge in [-0.05, 0) is 51.6 Å². The molecule has 0 unspecified atom stereocenters. The van der Waals surface area contributed by atoms with Crippen LogP contribution >= 0.6 is 0 Å². The summed E-state index contributed by atoms with van der Waals surface area (Å²) in [5, 5.41) is 0. The minimum absolute atomic E-state index is 0.391. The van der Waals surface area contributed by atoms with Crippen molar-refractivity contribution in [3.63, 3.8) is 0 Å². The van der Waals surface area contributed by atoms with Gasteiger partial charge in [0.2, 0.25) is 5.95 Å². The van der Waals surface area contributed by atoms with E-state index in [1.54, 1.807) is 12.3 Å². The number of nitrogens with zero attached hydrogens (tertiary/aromatic N) is 1. The first-order valence-corrected chi connectivity index (χ1v) is 8.10. The number of halogens is 1. The van der Waals surface area contributed by atoms with Gasteiger partial charge in [-0.25, -0.2) is 4.98 Å². The van der Waals surface area contributed by atoms with E-state index in [1.807, 2.05) is 6.07 Å². The Bertz CT molecular complexity index is 628. The maximum atomic E-state index is 13.6. The van der Waals surface area contributed by atoms with Crippen molar-refractivity contribution in [2.75, 3.05) is 0 Å². The van der Waals surface area contributed by atoms with E-state index < -0.39 is 5.95 Å². The average Bonchev–Trinajstić information content (AvgIpc) is 2.45. The second-order valence-electron chi connectivity index (χ2n) is 6.91. The molecule has 2 aromatic rings. The highest BCUT2D eigenvalue weighted by Crippen LogP contribution is 2.38.